The third kappa shape index (κ3) is 1.85. The molecule has 0 spiro atoms. The third-order valence-corrected chi connectivity index (χ3v) is 1.63. The van der Waals surface area contributed by atoms with Crippen molar-refractivity contribution in [2.75, 3.05) is 0 Å². The van der Waals surface area contributed by atoms with Crippen molar-refractivity contribution < 1.29 is 4.79 Å². The number of amides is 1. The first-order valence-electron chi connectivity index (χ1n) is 3.26. The van der Waals surface area contributed by atoms with Gasteiger partial charge in [0.05, 0.1) is 16.9 Å². The summed E-state index contributed by atoms with van der Waals surface area (Å²) < 4.78 is 1.56. The van der Waals surface area contributed by atoms with E-state index in [1.165, 1.54) is 18.3 Å². The Morgan fingerprint density at radius 3 is 2.92 bits per heavy atom. The zero-order chi connectivity index (χ0) is 9.14. The van der Waals surface area contributed by atoms with Crippen LogP contribution in [0.3, 0.4) is 0 Å². The van der Waals surface area contributed by atoms with E-state index in [1.54, 1.807) is 11.7 Å². The number of nitrogens with two attached hydrogens (primary N) is 1. The molecule has 0 bridgehead atoms. The second-order valence-corrected chi connectivity index (χ2v) is 2.64. The molecular formula is C7H8ClN3O. The largest absolute Gasteiger partial charge is 0.366 e. The van der Waals surface area contributed by atoms with E-state index >= 15 is 0 Å². The van der Waals surface area contributed by atoms with Crippen LogP contribution in [0.2, 0.25) is 5.02 Å². The standard InChI is InChI=1S/C7H8ClN3O/c1-11-6(2-3-7(9)12)5(8)4-10-11/h2-4H,1H3,(H2,9,12)/b3-2+. The summed E-state index contributed by atoms with van der Waals surface area (Å²) in [7, 11) is 1.73. The molecule has 12 heavy (non-hydrogen) atoms. The van der Waals surface area contributed by atoms with Gasteiger partial charge in [-0.25, -0.2) is 0 Å². The highest BCUT2D eigenvalue weighted by atomic mass is 35.5. The van der Waals surface area contributed by atoms with Crippen LogP contribution in [0.5, 0.6) is 0 Å². The summed E-state index contributed by atoms with van der Waals surface area (Å²) in [5.41, 5.74) is 5.57. The molecule has 0 aliphatic rings. The smallest absolute Gasteiger partial charge is 0.241 e. The minimum Gasteiger partial charge on any atom is -0.366 e. The fraction of sp³-hybridized carbons (Fsp3) is 0.143. The summed E-state index contributed by atoms with van der Waals surface area (Å²) in [5, 5.41) is 4.37. The number of carbonyl (C=O) groups is 1. The summed E-state index contributed by atoms with van der Waals surface area (Å²) in [4.78, 5) is 10.4. The molecule has 4 nitrogen and oxygen atoms in total. The van der Waals surface area contributed by atoms with Crippen molar-refractivity contribution in [3.63, 3.8) is 0 Å². The lowest BCUT2D eigenvalue weighted by Crippen LogP contribution is -2.05. The lowest BCUT2D eigenvalue weighted by molar-refractivity contribution is -0.113. The Morgan fingerprint density at radius 2 is 2.50 bits per heavy atom. The molecule has 1 aromatic rings. The topological polar surface area (TPSA) is 60.9 Å². The molecule has 1 heterocycles. The first kappa shape index (κ1) is 8.80. The number of nitrogens with zero attached hydrogens (tertiary/aromatic N) is 2. The van der Waals surface area contributed by atoms with Crippen molar-refractivity contribution >= 4 is 23.6 Å². The minimum absolute atomic E-state index is 0.495. The van der Waals surface area contributed by atoms with Crippen LogP contribution in [0.1, 0.15) is 5.69 Å². The fourth-order valence-corrected chi connectivity index (χ4v) is 0.998. The second-order valence-electron chi connectivity index (χ2n) is 2.24. The number of rotatable bonds is 2. The van der Waals surface area contributed by atoms with E-state index in [0.29, 0.717) is 10.7 Å². The average Bonchev–Trinajstić information content (AvgIpc) is 2.28. The van der Waals surface area contributed by atoms with Crippen LogP contribution in [0.25, 0.3) is 6.08 Å². The number of halogens is 1. The van der Waals surface area contributed by atoms with Gasteiger partial charge in [-0.2, -0.15) is 5.10 Å². The zero-order valence-electron chi connectivity index (χ0n) is 6.49. The van der Waals surface area contributed by atoms with E-state index in [2.05, 4.69) is 5.10 Å². The summed E-state index contributed by atoms with van der Waals surface area (Å²) >= 11 is 5.74. The molecule has 0 aliphatic heterocycles. The van der Waals surface area contributed by atoms with Gasteiger partial charge in [-0.1, -0.05) is 11.6 Å². The first-order chi connectivity index (χ1) is 5.61. The van der Waals surface area contributed by atoms with Crippen LogP contribution in [0, 0.1) is 0 Å². The molecule has 5 heteroatoms. The second kappa shape index (κ2) is 3.40. The number of carbonyl (C=O) groups excluding carboxylic acids is 1. The van der Waals surface area contributed by atoms with Crippen molar-refractivity contribution in [3.8, 4) is 0 Å². The van der Waals surface area contributed by atoms with Gasteiger partial charge in [0.25, 0.3) is 0 Å². The Morgan fingerprint density at radius 1 is 1.83 bits per heavy atom. The first-order valence-corrected chi connectivity index (χ1v) is 3.64. The maximum Gasteiger partial charge on any atom is 0.241 e. The summed E-state index contributed by atoms with van der Waals surface area (Å²) in [6.45, 7) is 0. The zero-order valence-corrected chi connectivity index (χ0v) is 7.25. The van der Waals surface area contributed by atoms with Gasteiger partial charge >= 0.3 is 0 Å². The summed E-state index contributed by atoms with van der Waals surface area (Å²) in [6, 6.07) is 0. The van der Waals surface area contributed by atoms with E-state index in [-0.39, 0.29) is 0 Å². The predicted octanol–water partition coefficient (Wildman–Crippen LogP) is 0.572. The molecule has 0 fully saturated rings. The maximum atomic E-state index is 10.4. The Labute approximate surface area is 74.6 Å². The van der Waals surface area contributed by atoms with E-state index in [0.717, 1.165) is 0 Å². The lowest BCUT2D eigenvalue weighted by atomic mass is 10.3. The van der Waals surface area contributed by atoms with Gasteiger partial charge in [-0.05, 0) is 6.08 Å². The Hall–Kier alpha value is -1.29. The number of aromatic nitrogens is 2. The van der Waals surface area contributed by atoms with E-state index in [4.69, 9.17) is 17.3 Å². The molecule has 0 radical (unpaired) electrons. The van der Waals surface area contributed by atoms with Crippen LogP contribution in [-0.2, 0) is 11.8 Å². The molecule has 2 N–H and O–H groups in total. The van der Waals surface area contributed by atoms with Gasteiger partial charge in [-0.3, -0.25) is 9.48 Å². The molecule has 1 rings (SSSR count). The molecule has 0 saturated heterocycles. The molecule has 1 aromatic heterocycles. The number of primary amides is 1. The SMILES string of the molecule is Cn1ncc(Cl)c1/C=C/C(N)=O. The van der Waals surface area contributed by atoms with Gasteiger partial charge in [0.1, 0.15) is 0 Å². The molecule has 0 saturated carbocycles. The summed E-state index contributed by atoms with van der Waals surface area (Å²) in [6.07, 6.45) is 4.27. The minimum atomic E-state index is -0.507. The van der Waals surface area contributed by atoms with E-state index < -0.39 is 5.91 Å². The van der Waals surface area contributed by atoms with Gasteiger partial charge in [0, 0.05) is 13.1 Å². The molecule has 64 valence electrons. The van der Waals surface area contributed by atoms with Crippen molar-refractivity contribution in [1.29, 1.82) is 0 Å². The number of hydrogen-bond acceptors (Lipinski definition) is 2. The average molecular weight is 186 g/mol. The molecule has 0 aromatic carbocycles. The van der Waals surface area contributed by atoms with Crippen LogP contribution in [0.15, 0.2) is 12.3 Å². The van der Waals surface area contributed by atoms with Crippen molar-refractivity contribution in [1.82, 2.24) is 9.78 Å². The van der Waals surface area contributed by atoms with Gasteiger partial charge < -0.3 is 5.73 Å². The molecule has 0 atom stereocenters. The highest BCUT2D eigenvalue weighted by Gasteiger charge is 2.01. The van der Waals surface area contributed by atoms with Crippen LogP contribution in [-0.4, -0.2) is 15.7 Å². The van der Waals surface area contributed by atoms with Crippen LogP contribution >= 0.6 is 11.6 Å². The van der Waals surface area contributed by atoms with Gasteiger partial charge in [0.2, 0.25) is 5.91 Å². The van der Waals surface area contributed by atoms with Crippen molar-refractivity contribution in [2.24, 2.45) is 12.8 Å². The third-order valence-electron chi connectivity index (χ3n) is 1.34. The Balaban J connectivity index is 2.95. The van der Waals surface area contributed by atoms with Gasteiger partial charge in [-0.15, -0.1) is 0 Å². The summed E-state index contributed by atoms with van der Waals surface area (Å²) in [5.74, 6) is -0.507. The Bertz CT molecular complexity index is 310. The Kier molecular flexibility index (Phi) is 2.50. The quantitative estimate of drug-likeness (QED) is 0.685. The van der Waals surface area contributed by atoms with Crippen LogP contribution in [0.4, 0.5) is 0 Å². The lowest BCUT2D eigenvalue weighted by Gasteiger charge is -1.93. The van der Waals surface area contributed by atoms with Gasteiger partial charge in [0.15, 0.2) is 0 Å². The molecule has 0 aliphatic carbocycles. The molecule has 1 amide bonds. The normalized spacial score (nSPS) is 10.8. The molecular weight excluding hydrogens is 178 g/mol. The molecule has 0 unspecified atom stereocenters. The fourth-order valence-electron chi connectivity index (χ4n) is 0.769. The number of hydrogen-bond donors (Lipinski definition) is 1. The highest BCUT2D eigenvalue weighted by molar-refractivity contribution is 6.31. The predicted molar refractivity (Wildman–Crippen MR) is 46.4 cm³/mol. The van der Waals surface area contributed by atoms with Crippen molar-refractivity contribution in [2.45, 2.75) is 0 Å². The van der Waals surface area contributed by atoms with Crippen LogP contribution < -0.4 is 5.73 Å². The van der Waals surface area contributed by atoms with Crippen molar-refractivity contribution in [3.05, 3.63) is 23.0 Å². The van der Waals surface area contributed by atoms with E-state index in [1.807, 2.05) is 0 Å². The maximum absolute atomic E-state index is 10.4. The van der Waals surface area contributed by atoms with E-state index in [9.17, 15) is 4.79 Å². The number of aryl methyl sites for hydroxylation is 1. The monoisotopic (exact) mass is 185 g/mol. The highest BCUT2D eigenvalue weighted by Crippen LogP contribution is 2.14.